The first kappa shape index (κ1) is 11.6. The van der Waals surface area contributed by atoms with Crippen LogP contribution < -0.4 is 11.4 Å². The summed E-state index contributed by atoms with van der Waals surface area (Å²) < 4.78 is 3.24. The summed E-state index contributed by atoms with van der Waals surface area (Å²) >= 11 is 0. The molecule has 7 heteroatoms. The van der Waals surface area contributed by atoms with Crippen LogP contribution in [0.4, 0.5) is 5.82 Å². The van der Waals surface area contributed by atoms with E-state index in [2.05, 4.69) is 14.9 Å². The standard InChI is InChI=1S/C10H16N6O/c1-14(2)4-5-16-6-12-9-7(16)8(11)15(3)10(17)13-9/h6H,4-5,11H2,1-3H3. The van der Waals surface area contributed by atoms with E-state index in [-0.39, 0.29) is 5.69 Å². The predicted octanol–water partition coefficient (Wildman–Crippen LogP) is -0.726. The topological polar surface area (TPSA) is 82.0 Å². The van der Waals surface area contributed by atoms with Crippen LogP contribution in [0.15, 0.2) is 11.1 Å². The Bertz CT molecular complexity index is 597. The monoisotopic (exact) mass is 236 g/mol. The van der Waals surface area contributed by atoms with Gasteiger partial charge in [-0.2, -0.15) is 4.98 Å². The smallest absolute Gasteiger partial charge is 0.351 e. The van der Waals surface area contributed by atoms with Gasteiger partial charge in [-0.25, -0.2) is 9.78 Å². The summed E-state index contributed by atoms with van der Waals surface area (Å²) in [6, 6.07) is 0. The van der Waals surface area contributed by atoms with Crippen LogP contribution in [0.3, 0.4) is 0 Å². The van der Waals surface area contributed by atoms with Gasteiger partial charge in [0.15, 0.2) is 5.65 Å². The number of likely N-dealkylation sites (N-methyl/N-ethyl adjacent to an activating group) is 1. The lowest BCUT2D eigenvalue weighted by molar-refractivity contribution is 0.386. The molecule has 2 aromatic heterocycles. The summed E-state index contributed by atoms with van der Waals surface area (Å²) in [7, 11) is 5.60. The maximum Gasteiger partial charge on any atom is 0.351 e. The number of aromatic nitrogens is 4. The van der Waals surface area contributed by atoms with Gasteiger partial charge in [-0.05, 0) is 14.1 Å². The molecule has 0 fully saturated rings. The van der Waals surface area contributed by atoms with E-state index in [1.165, 1.54) is 4.57 Å². The molecule has 2 heterocycles. The number of fused-ring (bicyclic) bond motifs is 1. The van der Waals surface area contributed by atoms with Crippen molar-refractivity contribution < 1.29 is 0 Å². The van der Waals surface area contributed by atoms with E-state index in [1.807, 2.05) is 18.7 Å². The van der Waals surface area contributed by atoms with Crippen LogP contribution in [-0.2, 0) is 13.6 Å². The molecule has 17 heavy (non-hydrogen) atoms. The average molecular weight is 236 g/mol. The Hall–Kier alpha value is -1.89. The first-order chi connectivity index (χ1) is 8.00. The summed E-state index contributed by atoms with van der Waals surface area (Å²) in [5.41, 5.74) is 6.66. The molecule has 0 saturated carbocycles. The third-order valence-electron chi connectivity index (χ3n) is 2.70. The molecule has 0 radical (unpaired) electrons. The Balaban J connectivity index is 2.52. The van der Waals surface area contributed by atoms with Crippen LogP contribution in [0.5, 0.6) is 0 Å². The molecule has 0 bridgehead atoms. The zero-order chi connectivity index (χ0) is 12.6. The molecule has 2 rings (SSSR count). The zero-order valence-electron chi connectivity index (χ0n) is 10.2. The number of nitrogens with zero attached hydrogens (tertiary/aromatic N) is 5. The summed E-state index contributed by atoms with van der Waals surface area (Å²) in [5, 5.41) is 0. The first-order valence-corrected chi connectivity index (χ1v) is 5.32. The Kier molecular flexibility index (Phi) is 2.84. The molecule has 0 aromatic carbocycles. The Labute approximate surface area is 98.5 Å². The molecule has 0 spiro atoms. The number of hydrogen-bond acceptors (Lipinski definition) is 5. The first-order valence-electron chi connectivity index (χ1n) is 5.32. The van der Waals surface area contributed by atoms with E-state index in [0.717, 1.165) is 13.1 Å². The summed E-state index contributed by atoms with van der Waals surface area (Å²) in [6.07, 6.45) is 1.66. The molecule has 92 valence electrons. The zero-order valence-corrected chi connectivity index (χ0v) is 10.2. The second-order valence-electron chi connectivity index (χ2n) is 4.25. The number of anilines is 1. The van der Waals surface area contributed by atoms with Gasteiger partial charge in [0.2, 0.25) is 0 Å². The average Bonchev–Trinajstić information content (AvgIpc) is 2.66. The number of hydrogen-bond donors (Lipinski definition) is 1. The molecule has 0 aliphatic rings. The molecule has 2 N–H and O–H groups in total. The third-order valence-corrected chi connectivity index (χ3v) is 2.70. The number of nitrogen functional groups attached to an aromatic ring is 1. The fourth-order valence-electron chi connectivity index (χ4n) is 1.62. The van der Waals surface area contributed by atoms with Crippen LogP contribution in [0.2, 0.25) is 0 Å². The van der Waals surface area contributed by atoms with Crippen molar-refractivity contribution in [2.45, 2.75) is 6.54 Å². The van der Waals surface area contributed by atoms with Gasteiger partial charge in [-0.15, -0.1) is 0 Å². The molecule has 0 unspecified atom stereocenters. The van der Waals surface area contributed by atoms with Gasteiger partial charge in [-0.3, -0.25) is 4.57 Å². The minimum Gasteiger partial charge on any atom is -0.383 e. The Morgan fingerprint density at radius 3 is 2.82 bits per heavy atom. The molecule has 0 amide bonds. The Morgan fingerprint density at radius 2 is 2.18 bits per heavy atom. The second-order valence-corrected chi connectivity index (χ2v) is 4.25. The number of rotatable bonds is 3. The van der Waals surface area contributed by atoms with Gasteiger partial charge < -0.3 is 15.2 Å². The quantitative estimate of drug-likeness (QED) is 0.760. The van der Waals surface area contributed by atoms with Crippen molar-refractivity contribution >= 4 is 17.0 Å². The van der Waals surface area contributed by atoms with Gasteiger partial charge in [-0.1, -0.05) is 0 Å². The number of nitrogens with two attached hydrogens (primary N) is 1. The maximum atomic E-state index is 11.4. The van der Waals surface area contributed by atoms with E-state index >= 15 is 0 Å². The lowest BCUT2D eigenvalue weighted by Crippen LogP contribution is -2.24. The minimum atomic E-state index is -0.382. The highest BCUT2D eigenvalue weighted by atomic mass is 16.1. The minimum absolute atomic E-state index is 0.382. The highest BCUT2D eigenvalue weighted by molar-refractivity contribution is 5.81. The third kappa shape index (κ3) is 2.01. The molecule has 7 nitrogen and oxygen atoms in total. The maximum absolute atomic E-state index is 11.4. The van der Waals surface area contributed by atoms with Gasteiger partial charge in [0.25, 0.3) is 0 Å². The van der Waals surface area contributed by atoms with Crippen LogP contribution in [0, 0.1) is 0 Å². The van der Waals surface area contributed by atoms with E-state index in [4.69, 9.17) is 5.73 Å². The van der Waals surface area contributed by atoms with Crippen LogP contribution in [-0.4, -0.2) is 44.6 Å². The lowest BCUT2D eigenvalue weighted by Gasteiger charge is -2.11. The lowest BCUT2D eigenvalue weighted by atomic mass is 10.4. The van der Waals surface area contributed by atoms with Crippen LogP contribution in [0.25, 0.3) is 11.2 Å². The van der Waals surface area contributed by atoms with Crippen molar-refractivity contribution in [2.75, 3.05) is 26.4 Å². The summed E-state index contributed by atoms with van der Waals surface area (Å²) in [4.78, 5) is 21.5. The normalized spacial score (nSPS) is 11.5. The van der Waals surface area contributed by atoms with Crippen molar-refractivity contribution in [1.29, 1.82) is 0 Å². The van der Waals surface area contributed by atoms with Crippen molar-refractivity contribution in [3.63, 3.8) is 0 Å². The van der Waals surface area contributed by atoms with Gasteiger partial charge in [0, 0.05) is 20.1 Å². The molecule has 0 aliphatic heterocycles. The van der Waals surface area contributed by atoms with Crippen molar-refractivity contribution in [2.24, 2.45) is 7.05 Å². The van der Waals surface area contributed by atoms with Crippen molar-refractivity contribution in [3.05, 3.63) is 16.8 Å². The molecular formula is C10H16N6O. The van der Waals surface area contributed by atoms with Gasteiger partial charge in [0.05, 0.1) is 6.33 Å². The number of imidazole rings is 1. The van der Waals surface area contributed by atoms with Crippen LogP contribution in [0.1, 0.15) is 0 Å². The fraction of sp³-hybridized carbons (Fsp3) is 0.500. The molecular weight excluding hydrogens is 220 g/mol. The van der Waals surface area contributed by atoms with E-state index in [0.29, 0.717) is 17.0 Å². The highest BCUT2D eigenvalue weighted by Crippen LogP contribution is 2.15. The summed E-state index contributed by atoms with van der Waals surface area (Å²) in [5.74, 6) is 0.399. The second kappa shape index (κ2) is 4.17. The van der Waals surface area contributed by atoms with E-state index in [1.54, 1.807) is 13.4 Å². The summed E-state index contributed by atoms with van der Waals surface area (Å²) in [6.45, 7) is 1.63. The van der Waals surface area contributed by atoms with Gasteiger partial charge in [0.1, 0.15) is 11.3 Å². The van der Waals surface area contributed by atoms with Crippen molar-refractivity contribution in [1.82, 2.24) is 24.0 Å². The molecule has 0 atom stereocenters. The largest absolute Gasteiger partial charge is 0.383 e. The molecule has 0 saturated heterocycles. The van der Waals surface area contributed by atoms with Crippen molar-refractivity contribution in [3.8, 4) is 0 Å². The Morgan fingerprint density at radius 1 is 1.47 bits per heavy atom. The van der Waals surface area contributed by atoms with Crippen LogP contribution >= 0.6 is 0 Å². The SMILES string of the molecule is CN(C)CCn1cnc2nc(=O)n(C)c(N)c21. The van der Waals surface area contributed by atoms with E-state index < -0.39 is 0 Å². The van der Waals surface area contributed by atoms with E-state index in [9.17, 15) is 4.79 Å². The predicted molar refractivity (Wildman–Crippen MR) is 65.7 cm³/mol. The highest BCUT2D eigenvalue weighted by Gasteiger charge is 2.11. The fourth-order valence-corrected chi connectivity index (χ4v) is 1.62. The molecule has 2 aromatic rings. The van der Waals surface area contributed by atoms with Gasteiger partial charge >= 0.3 is 5.69 Å². The molecule has 0 aliphatic carbocycles.